The Labute approximate surface area is 187 Å². The molecule has 12 heteroatoms. The van der Waals surface area contributed by atoms with Gasteiger partial charge in [-0.1, -0.05) is 5.92 Å². The lowest BCUT2D eigenvalue weighted by molar-refractivity contribution is -0.137. The van der Waals surface area contributed by atoms with Crippen LogP contribution in [0.3, 0.4) is 0 Å². The molecule has 0 aliphatic carbocycles. The molecular weight excluding hydrogens is 430 g/mol. The van der Waals surface area contributed by atoms with Gasteiger partial charge in [0, 0.05) is 17.7 Å². The Balaban J connectivity index is 1.66. The number of ether oxygens (including phenoxy) is 1. The van der Waals surface area contributed by atoms with Gasteiger partial charge in [-0.25, -0.2) is 15.0 Å². The number of fused-ring (bicyclic) bond motifs is 1. The largest absolute Gasteiger partial charge is 0.387 e. The number of primary amides is 1. The van der Waals surface area contributed by atoms with Gasteiger partial charge in [0.1, 0.15) is 17.7 Å². The summed E-state index contributed by atoms with van der Waals surface area (Å²) in [5.74, 6) is 4.70. The highest BCUT2D eigenvalue weighted by atomic mass is 16.6. The molecule has 7 N–H and O–H groups in total. The van der Waals surface area contributed by atoms with Crippen LogP contribution in [0.25, 0.3) is 11.2 Å². The molecule has 170 valence electrons. The summed E-state index contributed by atoms with van der Waals surface area (Å²) in [6.07, 6.45) is -3.92. The summed E-state index contributed by atoms with van der Waals surface area (Å²) in [6.45, 7) is 2.07. The second-order valence-corrected chi connectivity index (χ2v) is 7.27. The summed E-state index contributed by atoms with van der Waals surface area (Å²) >= 11 is 0. The van der Waals surface area contributed by atoms with Gasteiger partial charge < -0.3 is 31.7 Å². The van der Waals surface area contributed by atoms with Crippen molar-refractivity contribution in [1.82, 2.24) is 24.8 Å². The van der Waals surface area contributed by atoms with Crippen LogP contribution >= 0.6 is 0 Å². The van der Waals surface area contributed by atoms with E-state index in [0.717, 1.165) is 0 Å². The second kappa shape index (κ2) is 8.83. The van der Waals surface area contributed by atoms with Gasteiger partial charge in [-0.3, -0.25) is 14.2 Å². The van der Waals surface area contributed by atoms with E-state index < -0.39 is 36.4 Å². The molecule has 0 spiro atoms. The molecule has 4 atom stereocenters. The average Bonchev–Trinajstić information content (AvgIpc) is 3.34. The first-order chi connectivity index (χ1) is 15.8. The van der Waals surface area contributed by atoms with Crippen molar-refractivity contribution in [2.75, 3.05) is 12.3 Å². The SMILES string of the molecule is CCNC(=O)[C@H]1O[C@@H](n2cnc3c(N)nc(C#Cc4ccc(C(N)=O)cc4)nc32)[C@H](O)[C@@H]1O. The average molecular weight is 451 g/mol. The first-order valence-corrected chi connectivity index (χ1v) is 10.0. The van der Waals surface area contributed by atoms with Gasteiger partial charge in [-0.2, -0.15) is 0 Å². The number of aromatic nitrogens is 4. The lowest BCUT2D eigenvalue weighted by Gasteiger charge is -2.16. The molecule has 1 fully saturated rings. The maximum absolute atomic E-state index is 12.1. The lowest BCUT2D eigenvalue weighted by atomic mass is 10.1. The predicted molar refractivity (Wildman–Crippen MR) is 115 cm³/mol. The quantitative estimate of drug-likeness (QED) is 0.299. The van der Waals surface area contributed by atoms with Crippen molar-refractivity contribution in [3.63, 3.8) is 0 Å². The lowest BCUT2D eigenvalue weighted by Crippen LogP contribution is -2.42. The number of carbonyl (C=O) groups is 2. The number of aliphatic hydroxyl groups is 2. The van der Waals surface area contributed by atoms with Gasteiger partial charge >= 0.3 is 0 Å². The zero-order valence-electron chi connectivity index (χ0n) is 17.5. The fourth-order valence-corrected chi connectivity index (χ4v) is 3.41. The molecule has 3 aromatic rings. The van der Waals surface area contributed by atoms with Gasteiger partial charge in [-0.15, -0.1) is 0 Å². The molecule has 1 aliphatic heterocycles. The number of amides is 2. The third-order valence-electron chi connectivity index (χ3n) is 5.06. The van der Waals surface area contributed by atoms with Crippen molar-refractivity contribution in [2.45, 2.75) is 31.5 Å². The highest BCUT2D eigenvalue weighted by Crippen LogP contribution is 2.32. The number of nitrogens with one attached hydrogen (secondary N) is 1. The molecule has 2 amide bonds. The maximum Gasteiger partial charge on any atom is 0.252 e. The zero-order chi connectivity index (χ0) is 23.7. The topological polar surface area (TPSA) is 192 Å². The normalized spacial score (nSPS) is 22.0. The van der Waals surface area contributed by atoms with E-state index in [0.29, 0.717) is 17.7 Å². The van der Waals surface area contributed by atoms with E-state index in [1.54, 1.807) is 31.2 Å². The Kier molecular flexibility index (Phi) is 5.93. The Morgan fingerprint density at radius 1 is 1.18 bits per heavy atom. The standard InChI is InChI=1S/C21H21N7O5/c1-2-24-20(32)16-14(29)15(30)21(33-16)28-9-25-13-17(22)26-12(27-19(13)28)8-5-10-3-6-11(7-4-10)18(23)31/h3-4,6-7,9,14-16,21,29-30H,2H2,1H3,(H2,23,31)(H,24,32)(H2,22,26,27)/t14-,15+,16-,21+/m0/s1. The minimum Gasteiger partial charge on any atom is -0.387 e. The van der Waals surface area contributed by atoms with Gasteiger partial charge in [0.25, 0.3) is 5.91 Å². The molecule has 0 radical (unpaired) electrons. The van der Waals surface area contributed by atoms with E-state index in [2.05, 4.69) is 32.1 Å². The smallest absolute Gasteiger partial charge is 0.252 e. The van der Waals surface area contributed by atoms with Gasteiger partial charge in [0.2, 0.25) is 11.7 Å². The number of rotatable bonds is 4. The highest BCUT2D eigenvalue weighted by Gasteiger charge is 2.47. The summed E-state index contributed by atoms with van der Waals surface area (Å²) in [4.78, 5) is 36.0. The maximum atomic E-state index is 12.1. The number of aliphatic hydroxyl groups excluding tert-OH is 2. The number of hydrogen-bond donors (Lipinski definition) is 5. The molecule has 1 aromatic carbocycles. The van der Waals surface area contributed by atoms with E-state index in [1.165, 1.54) is 10.9 Å². The van der Waals surface area contributed by atoms with Crippen LogP contribution in [-0.2, 0) is 9.53 Å². The zero-order valence-corrected chi connectivity index (χ0v) is 17.5. The minimum atomic E-state index is -1.44. The van der Waals surface area contributed by atoms with Crippen molar-refractivity contribution >= 4 is 28.8 Å². The Morgan fingerprint density at radius 2 is 1.91 bits per heavy atom. The first-order valence-electron chi connectivity index (χ1n) is 10.0. The van der Waals surface area contributed by atoms with Crippen molar-refractivity contribution < 1.29 is 24.5 Å². The monoisotopic (exact) mass is 451 g/mol. The number of imidazole rings is 1. The first kappa shape index (κ1) is 22.2. The molecule has 33 heavy (non-hydrogen) atoms. The van der Waals surface area contributed by atoms with Crippen molar-refractivity contribution in [3.05, 3.63) is 47.5 Å². The van der Waals surface area contributed by atoms with E-state index in [1.807, 2.05) is 0 Å². The molecule has 0 bridgehead atoms. The molecule has 12 nitrogen and oxygen atoms in total. The van der Waals surface area contributed by atoms with E-state index >= 15 is 0 Å². The minimum absolute atomic E-state index is 0.0560. The number of nitrogens with two attached hydrogens (primary N) is 2. The van der Waals surface area contributed by atoms with Crippen LogP contribution in [0.4, 0.5) is 5.82 Å². The number of carbonyl (C=O) groups excluding carboxylic acids is 2. The van der Waals surface area contributed by atoms with E-state index in [-0.39, 0.29) is 22.8 Å². The highest BCUT2D eigenvalue weighted by molar-refractivity contribution is 5.92. The Hall–Kier alpha value is -4.05. The molecule has 2 aromatic heterocycles. The molecule has 1 aliphatic rings. The van der Waals surface area contributed by atoms with Gasteiger partial charge in [-0.05, 0) is 37.1 Å². The van der Waals surface area contributed by atoms with Crippen LogP contribution in [0.5, 0.6) is 0 Å². The van der Waals surface area contributed by atoms with Crippen LogP contribution in [0, 0.1) is 11.8 Å². The Bertz CT molecular complexity index is 1280. The third-order valence-corrected chi connectivity index (χ3v) is 5.06. The molecule has 1 saturated heterocycles. The number of nitrogen functional groups attached to an aromatic ring is 1. The summed E-state index contributed by atoms with van der Waals surface area (Å²) in [5.41, 5.74) is 12.6. The summed E-state index contributed by atoms with van der Waals surface area (Å²) in [6, 6.07) is 6.36. The molecule has 3 heterocycles. The van der Waals surface area contributed by atoms with Crippen LogP contribution in [0.1, 0.15) is 34.9 Å². The molecule has 4 rings (SSSR count). The van der Waals surface area contributed by atoms with Crippen molar-refractivity contribution in [3.8, 4) is 11.8 Å². The molecule has 0 unspecified atom stereocenters. The number of likely N-dealkylation sites (N-methyl/N-ethyl adjacent to an activating group) is 1. The van der Waals surface area contributed by atoms with Crippen LogP contribution < -0.4 is 16.8 Å². The summed E-state index contributed by atoms with van der Waals surface area (Å²) < 4.78 is 7.00. The number of benzene rings is 1. The van der Waals surface area contributed by atoms with Crippen LogP contribution in [0.2, 0.25) is 0 Å². The number of hydrogen-bond acceptors (Lipinski definition) is 9. The molecular formula is C21H21N7O5. The number of nitrogens with zero attached hydrogens (tertiary/aromatic N) is 4. The summed E-state index contributed by atoms with van der Waals surface area (Å²) in [7, 11) is 0. The van der Waals surface area contributed by atoms with Gasteiger partial charge in [0.15, 0.2) is 23.8 Å². The fourth-order valence-electron chi connectivity index (χ4n) is 3.41. The van der Waals surface area contributed by atoms with Crippen LogP contribution in [-0.4, -0.2) is 66.4 Å². The van der Waals surface area contributed by atoms with Crippen LogP contribution in [0.15, 0.2) is 30.6 Å². The van der Waals surface area contributed by atoms with E-state index in [4.69, 9.17) is 16.2 Å². The van der Waals surface area contributed by atoms with Gasteiger partial charge in [0.05, 0.1) is 6.33 Å². The van der Waals surface area contributed by atoms with Crippen molar-refractivity contribution in [1.29, 1.82) is 0 Å². The fraction of sp³-hybridized carbons (Fsp3) is 0.286. The predicted octanol–water partition coefficient (Wildman–Crippen LogP) is -1.34. The molecule has 0 saturated carbocycles. The summed E-state index contributed by atoms with van der Waals surface area (Å²) in [5, 5.41) is 23.3. The Morgan fingerprint density at radius 3 is 2.58 bits per heavy atom. The van der Waals surface area contributed by atoms with E-state index in [9.17, 15) is 19.8 Å². The third kappa shape index (κ3) is 4.20. The van der Waals surface area contributed by atoms with Crippen molar-refractivity contribution in [2.24, 2.45) is 5.73 Å². The number of anilines is 1. The second-order valence-electron chi connectivity index (χ2n) is 7.27.